The summed E-state index contributed by atoms with van der Waals surface area (Å²) in [5.74, 6) is -0.491. The summed E-state index contributed by atoms with van der Waals surface area (Å²) in [6.45, 7) is 0.920. The first-order chi connectivity index (χ1) is 4.31. The van der Waals surface area contributed by atoms with Crippen LogP contribution in [0.1, 0.15) is 6.92 Å². The number of allylic oxidation sites excluding steroid dienone is 1. The Kier molecular flexibility index (Phi) is 4.78. The summed E-state index contributed by atoms with van der Waals surface area (Å²) in [7, 11) is 0. The lowest BCUT2D eigenvalue weighted by Gasteiger charge is -1.93. The van der Waals surface area contributed by atoms with Gasteiger partial charge in [-0.05, 0) is 6.92 Å². The summed E-state index contributed by atoms with van der Waals surface area (Å²) < 4.78 is 15.6. The van der Waals surface area contributed by atoms with Gasteiger partial charge in [-0.2, -0.15) is 0 Å². The van der Waals surface area contributed by atoms with Crippen LogP contribution < -0.4 is 0 Å². The van der Waals surface area contributed by atoms with Crippen molar-refractivity contribution in [1.29, 1.82) is 0 Å². The van der Waals surface area contributed by atoms with Gasteiger partial charge in [0.05, 0.1) is 0 Å². The maximum Gasteiger partial charge on any atom is 0.330 e. The zero-order valence-electron chi connectivity index (χ0n) is 5.26. The van der Waals surface area contributed by atoms with Crippen molar-refractivity contribution in [1.82, 2.24) is 0 Å². The molecule has 0 aliphatic rings. The maximum atomic E-state index is 11.3. The molecule has 0 aromatic heterocycles. The second kappa shape index (κ2) is 5.28. The molecule has 0 aromatic rings. The molecule has 0 aliphatic carbocycles. The fourth-order valence-corrected chi connectivity index (χ4v) is 0.323. The zero-order valence-corrected chi connectivity index (χ0v) is 5.26. The Morgan fingerprint density at radius 1 is 1.78 bits per heavy atom. The molecule has 0 aliphatic heterocycles. The second-order valence-corrected chi connectivity index (χ2v) is 1.36. The van der Waals surface area contributed by atoms with Crippen molar-refractivity contribution in [3.8, 4) is 0 Å². The molecular formula is C6H9FO2. The van der Waals surface area contributed by atoms with Gasteiger partial charge in [-0.15, -0.1) is 0 Å². The van der Waals surface area contributed by atoms with Crippen LogP contribution in [0, 0.1) is 0 Å². The number of hydrogen-bond acceptors (Lipinski definition) is 2. The molecule has 0 unspecified atom stereocenters. The van der Waals surface area contributed by atoms with Gasteiger partial charge >= 0.3 is 5.97 Å². The van der Waals surface area contributed by atoms with Gasteiger partial charge in [0.15, 0.2) is 0 Å². The molecule has 0 amide bonds. The number of hydrogen-bond donors (Lipinski definition) is 0. The van der Waals surface area contributed by atoms with E-state index in [0.29, 0.717) is 0 Å². The van der Waals surface area contributed by atoms with Crippen molar-refractivity contribution in [3.05, 3.63) is 12.2 Å². The van der Waals surface area contributed by atoms with Gasteiger partial charge in [0.1, 0.15) is 13.3 Å². The summed E-state index contributed by atoms with van der Waals surface area (Å²) in [5.41, 5.74) is 0. The predicted molar refractivity (Wildman–Crippen MR) is 31.7 cm³/mol. The predicted octanol–water partition coefficient (Wildman–Crippen LogP) is 1.08. The first-order valence-corrected chi connectivity index (χ1v) is 2.66. The van der Waals surface area contributed by atoms with Crippen LogP contribution in [0.2, 0.25) is 0 Å². The molecule has 0 spiro atoms. The van der Waals surface area contributed by atoms with E-state index < -0.39 is 12.6 Å². The lowest BCUT2D eigenvalue weighted by atomic mass is 10.5. The molecule has 0 atom stereocenters. The van der Waals surface area contributed by atoms with E-state index in [4.69, 9.17) is 0 Å². The minimum Gasteiger partial charge on any atom is -0.460 e. The van der Waals surface area contributed by atoms with Crippen molar-refractivity contribution < 1.29 is 13.9 Å². The number of carbonyl (C=O) groups is 1. The number of alkyl halides is 1. The number of halogens is 1. The van der Waals surface area contributed by atoms with Crippen molar-refractivity contribution >= 4 is 5.97 Å². The minimum absolute atomic E-state index is 0.150. The van der Waals surface area contributed by atoms with Crippen LogP contribution >= 0.6 is 0 Å². The fourth-order valence-electron chi connectivity index (χ4n) is 0.323. The lowest BCUT2D eigenvalue weighted by molar-refractivity contribution is -0.138. The van der Waals surface area contributed by atoms with Gasteiger partial charge in [0.25, 0.3) is 0 Å². The highest BCUT2D eigenvalue weighted by atomic mass is 19.1. The monoisotopic (exact) mass is 132 g/mol. The molecule has 0 saturated carbocycles. The van der Waals surface area contributed by atoms with Crippen LogP contribution in [0.15, 0.2) is 12.2 Å². The van der Waals surface area contributed by atoms with Crippen LogP contribution in [0.25, 0.3) is 0 Å². The molecule has 0 saturated heterocycles. The van der Waals surface area contributed by atoms with Crippen molar-refractivity contribution in [2.45, 2.75) is 6.92 Å². The smallest absolute Gasteiger partial charge is 0.330 e. The summed E-state index contributed by atoms with van der Waals surface area (Å²) in [4.78, 5) is 10.3. The molecule has 0 heterocycles. The average molecular weight is 132 g/mol. The Bertz CT molecular complexity index is 110. The van der Waals surface area contributed by atoms with E-state index in [2.05, 4.69) is 4.74 Å². The first-order valence-electron chi connectivity index (χ1n) is 2.66. The topological polar surface area (TPSA) is 26.3 Å². The van der Waals surface area contributed by atoms with Gasteiger partial charge in [0, 0.05) is 6.08 Å². The molecular weight excluding hydrogens is 123 g/mol. The highest BCUT2D eigenvalue weighted by Crippen LogP contribution is 1.80. The summed E-state index contributed by atoms with van der Waals surface area (Å²) in [5, 5.41) is 0. The quantitative estimate of drug-likeness (QED) is 0.424. The number of carbonyl (C=O) groups excluding carboxylic acids is 1. The van der Waals surface area contributed by atoms with E-state index in [1.807, 2.05) is 0 Å². The molecule has 52 valence electrons. The van der Waals surface area contributed by atoms with Crippen molar-refractivity contribution in [2.75, 3.05) is 13.3 Å². The van der Waals surface area contributed by atoms with Gasteiger partial charge in [-0.1, -0.05) is 6.08 Å². The van der Waals surface area contributed by atoms with E-state index in [-0.39, 0.29) is 6.61 Å². The summed E-state index contributed by atoms with van der Waals surface area (Å²) in [6.07, 6.45) is 2.79. The van der Waals surface area contributed by atoms with E-state index in [1.165, 1.54) is 6.08 Å². The van der Waals surface area contributed by atoms with Crippen LogP contribution in [-0.2, 0) is 9.53 Å². The normalized spacial score (nSPS) is 10.0. The summed E-state index contributed by atoms with van der Waals surface area (Å²) >= 11 is 0. The van der Waals surface area contributed by atoms with E-state index in [0.717, 1.165) is 0 Å². The van der Waals surface area contributed by atoms with Crippen molar-refractivity contribution in [2.24, 2.45) is 0 Å². The fraction of sp³-hybridized carbons (Fsp3) is 0.500. The Morgan fingerprint density at radius 3 is 2.89 bits per heavy atom. The van der Waals surface area contributed by atoms with Gasteiger partial charge in [-0.3, -0.25) is 0 Å². The highest BCUT2D eigenvalue weighted by molar-refractivity contribution is 5.81. The number of esters is 1. The van der Waals surface area contributed by atoms with Crippen LogP contribution in [0.3, 0.4) is 0 Å². The third-order valence-corrected chi connectivity index (χ3v) is 0.624. The Morgan fingerprint density at radius 2 is 2.44 bits per heavy atom. The number of rotatable bonds is 3. The largest absolute Gasteiger partial charge is 0.460 e. The molecule has 0 rings (SSSR count). The van der Waals surface area contributed by atoms with E-state index in [9.17, 15) is 9.18 Å². The van der Waals surface area contributed by atoms with Gasteiger partial charge in [0.2, 0.25) is 0 Å². The molecule has 0 radical (unpaired) electrons. The van der Waals surface area contributed by atoms with Crippen molar-refractivity contribution in [3.63, 3.8) is 0 Å². The van der Waals surface area contributed by atoms with E-state index in [1.54, 1.807) is 13.0 Å². The van der Waals surface area contributed by atoms with Crippen LogP contribution in [0.5, 0.6) is 0 Å². The lowest BCUT2D eigenvalue weighted by Crippen LogP contribution is -2.02. The highest BCUT2D eigenvalue weighted by Gasteiger charge is 1.92. The number of ether oxygens (including phenoxy) is 1. The molecule has 0 aromatic carbocycles. The molecule has 0 fully saturated rings. The molecule has 2 nitrogen and oxygen atoms in total. The average Bonchev–Trinajstić information content (AvgIpc) is 1.85. The third kappa shape index (κ3) is 5.00. The Labute approximate surface area is 53.3 Å². The maximum absolute atomic E-state index is 11.3. The molecule has 3 heteroatoms. The standard InChI is InChI=1S/C6H9FO2/c1-2-3-6(8)9-5-4-7/h2-3H,4-5H2,1H3. The van der Waals surface area contributed by atoms with E-state index >= 15 is 0 Å². The molecule has 9 heavy (non-hydrogen) atoms. The van der Waals surface area contributed by atoms with Gasteiger partial charge < -0.3 is 4.74 Å². The zero-order chi connectivity index (χ0) is 7.11. The summed E-state index contributed by atoms with van der Waals surface area (Å²) in [6, 6.07) is 0. The van der Waals surface area contributed by atoms with Crippen LogP contribution in [-0.4, -0.2) is 19.3 Å². The molecule has 0 N–H and O–H groups in total. The van der Waals surface area contributed by atoms with Crippen LogP contribution in [0.4, 0.5) is 4.39 Å². The minimum atomic E-state index is -0.622. The SMILES string of the molecule is CC=CC(=O)OCCF. The first kappa shape index (κ1) is 8.14. The second-order valence-electron chi connectivity index (χ2n) is 1.36. The Balaban J connectivity index is 3.27. The molecule has 0 bridgehead atoms. The van der Waals surface area contributed by atoms with Gasteiger partial charge in [-0.25, -0.2) is 9.18 Å². The Hall–Kier alpha value is -0.860. The third-order valence-electron chi connectivity index (χ3n) is 0.624.